The Morgan fingerprint density at radius 3 is 2.89 bits per heavy atom. The van der Waals surface area contributed by atoms with Crippen LogP contribution < -0.4 is 5.32 Å². The maximum atomic E-state index is 12.1. The van der Waals surface area contributed by atoms with Crippen molar-refractivity contribution in [2.75, 3.05) is 0 Å². The largest absolute Gasteiger partial charge is 0.347 e. The van der Waals surface area contributed by atoms with E-state index in [0.717, 1.165) is 19.9 Å². The molecule has 0 aliphatic heterocycles. The zero-order valence-electron chi connectivity index (χ0n) is 10.2. The summed E-state index contributed by atoms with van der Waals surface area (Å²) in [4.78, 5) is 17.3. The van der Waals surface area contributed by atoms with Gasteiger partial charge in [0.05, 0.1) is 11.6 Å². The van der Waals surface area contributed by atoms with Crippen molar-refractivity contribution < 1.29 is 4.79 Å². The van der Waals surface area contributed by atoms with Gasteiger partial charge in [0, 0.05) is 21.1 Å². The van der Waals surface area contributed by atoms with Crippen molar-refractivity contribution in [3.8, 4) is 0 Å². The molecule has 1 heterocycles. The lowest BCUT2D eigenvalue weighted by Gasteiger charge is -2.07. The Labute approximate surface area is 118 Å². The zero-order valence-corrected chi connectivity index (χ0v) is 12.6. The van der Waals surface area contributed by atoms with Crippen molar-refractivity contribution >= 4 is 33.2 Å². The van der Waals surface area contributed by atoms with Gasteiger partial charge in [-0.15, -0.1) is 11.3 Å². The van der Waals surface area contributed by atoms with Crippen LogP contribution in [0.1, 0.15) is 25.8 Å². The van der Waals surface area contributed by atoms with Crippen LogP contribution in [0.3, 0.4) is 0 Å². The van der Waals surface area contributed by atoms with Crippen LogP contribution in [-0.4, -0.2) is 10.9 Å². The molecule has 1 aromatic carbocycles. The number of aryl methyl sites for hydroxylation is 2. The number of halogens is 1. The molecular weight excluding hydrogens is 312 g/mol. The topological polar surface area (TPSA) is 42.0 Å². The standard InChI is InChI=1S/C13H13BrN2OS/c1-8-3-4-10(14)5-12(8)13(17)16-7-11-6-15-9(2)18-11/h3-6H,7H2,1-2H3,(H,16,17). The molecule has 3 nitrogen and oxygen atoms in total. The maximum Gasteiger partial charge on any atom is 0.251 e. The third-order valence-corrected chi connectivity index (χ3v) is 3.94. The quantitative estimate of drug-likeness (QED) is 0.939. The van der Waals surface area contributed by atoms with Crippen LogP contribution in [0.4, 0.5) is 0 Å². The van der Waals surface area contributed by atoms with Gasteiger partial charge < -0.3 is 5.32 Å². The third kappa shape index (κ3) is 3.17. The molecule has 2 rings (SSSR count). The van der Waals surface area contributed by atoms with Gasteiger partial charge in [-0.25, -0.2) is 4.98 Å². The number of carbonyl (C=O) groups is 1. The highest BCUT2D eigenvalue weighted by atomic mass is 79.9. The van der Waals surface area contributed by atoms with E-state index in [9.17, 15) is 4.79 Å². The molecule has 0 spiro atoms. The number of carbonyl (C=O) groups excluding carboxylic acids is 1. The summed E-state index contributed by atoms with van der Waals surface area (Å²) < 4.78 is 0.909. The number of aromatic nitrogens is 1. The number of nitrogens with zero attached hydrogens (tertiary/aromatic N) is 1. The highest BCUT2D eigenvalue weighted by Crippen LogP contribution is 2.16. The van der Waals surface area contributed by atoms with E-state index >= 15 is 0 Å². The molecule has 0 atom stereocenters. The average Bonchev–Trinajstić information content (AvgIpc) is 2.75. The molecule has 2 aromatic rings. The number of benzene rings is 1. The van der Waals surface area contributed by atoms with Crippen molar-refractivity contribution in [3.63, 3.8) is 0 Å². The lowest BCUT2D eigenvalue weighted by atomic mass is 10.1. The van der Waals surface area contributed by atoms with E-state index in [4.69, 9.17) is 0 Å². The Morgan fingerprint density at radius 2 is 2.22 bits per heavy atom. The second kappa shape index (κ2) is 5.63. The number of nitrogens with one attached hydrogen (secondary N) is 1. The van der Waals surface area contributed by atoms with Gasteiger partial charge in [0.1, 0.15) is 0 Å². The predicted octanol–water partition coefficient (Wildman–Crippen LogP) is 3.45. The van der Waals surface area contributed by atoms with Crippen molar-refractivity contribution in [3.05, 3.63) is 49.9 Å². The number of hydrogen-bond acceptors (Lipinski definition) is 3. The minimum Gasteiger partial charge on any atom is -0.347 e. The van der Waals surface area contributed by atoms with E-state index in [0.29, 0.717) is 12.1 Å². The van der Waals surface area contributed by atoms with E-state index in [1.54, 1.807) is 17.5 Å². The first-order valence-electron chi connectivity index (χ1n) is 5.52. The number of amides is 1. The summed E-state index contributed by atoms with van der Waals surface area (Å²) in [5, 5.41) is 3.92. The summed E-state index contributed by atoms with van der Waals surface area (Å²) in [6.07, 6.45) is 1.80. The highest BCUT2D eigenvalue weighted by molar-refractivity contribution is 9.10. The van der Waals surface area contributed by atoms with Crippen molar-refractivity contribution in [2.45, 2.75) is 20.4 Å². The van der Waals surface area contributed by atoms with Crippen molar-refractivity contribution in [1.82, 2.24) is 10.3 Å². The van der Waals surface area contributed by atoms with Crippen LogP contribution in [-0.2, 0) is 6.54 Å². The summed E-state index contributed by atoms with van der Waals surface area (Å²) in [5.74, 6) is -0.0557. The fraction of sp³-hybridized carbons (Fsp3) is 0.231. The monoisotopic (exact) mass is 324 g/mol. The molecule has 18 heavy (non-hydrogen) atoms. The normalized spacial score (nSPS) is 10.4. The van der Waals surface area contributed by atoms with E-state index in [2.05, 4.69) is 26.2 Å². The zero-order chi connectivity index (χ0) is 13.1. The fourth-order valence-corrected chi connectivity index (χ4v) is 2.68. The van der Waals surface area contributed by atoms with Crippen molar-refractivity contribution in [1.29, 1.82) is 0 Å². The van der Waals surface area contributed by atoms with Gasteiger partial charge in [-0.2, -0.15) is 0 Å². The molecule has 1 aromatic heterocycles. The Bertz CT molecular complexity index is 580. The van der Waals surface area contributed by atoms with Crippen LogP contribution in [0.5, 0.6) is 0 Å². The van der Waals surface area contributed by atoms with Gasteiger partial charge >= 0.3 is 0 Å². The molecule has 0 aliphatic carbocycles. The van der Waals surface area contributed by atoms with Crippen LogP contribution >= 0.6 is 27.3 Å². The Hall–Kier alpha value is -1.20. The van der Waals surface area contributed by atoms with Gasteiger partial charge in [0.25, 0.3) is 5.91 Å². The summed E-state index contributed by atoms with van der Waals surface area (Å²) in [5.41, 5.74) is 1.67. The molecule has 1 N–H and O–H groups in total. The first-order valence-corrected chi connectivity index (χ1v) is 7.13. The molecule has 0 saturated heterocycles. The van der Waals surface area contributed by atoms with Gasteiger partial charge in [-0.3, -0.25) is 4.79 Å². The first-order chi connectivity index (χ1) is 8.56. The molecule has 0 saturated carbocycles. The van der Waals surface area contributed by atoms with Gasteiger partial charge in [0.15, 0.2) is 0 Å². The molecule has 94 valence electrons. The molecule has 0 radical (unpaired) electrons. The fourth-order valence-electron chi connectivity index (χ4n) is 1.59. The Morgan fingerprint density at radius 1 is 1.44 bits per heavy atom. The van der Waals surface area contributed by atoms with Crippen LogP contribution in [0.2, 0.25) is 0 Å². The van der Waals surface area contributed by atoms with Gasteiger partial charge in [-0.05, 0) is 31.5 Å². The number of thiazole rings is 1. The predicted molar refractivity (Wildman–Crippen MR) is 76.9 cm³/mol. The van der Waals surface area contributed by atoms with Crippen LogP contribution in [0, 0.1) is 13.8 Å². The van der Waals surface area contributed by atoms with E-state index in [1.165, 1.54) is 0 Å². The number of rotatable bonds is 3. The molecule has 1 amide bonds. The van der Waals surface area contributed by atoms with Crippen LogP contribution in [0.15, 0.2) is 28.9 Å². The molecule has 0 fully saturated rings. The maximum absolute atomic E-state index is 12.1. The summed E-state index contributed by atoms with van der Waals surface area (Å²) in [6.45, 7) is 4.41. The number of hydrogen-bond donors (Lipinski definition) is 1. The lowest BCUT2D eigenvalue weighted by Crippen LogP contribution is -2.23. The Kier molecular flexibility index (Phi) is 4.14. The van der Waals surface area contributed by atoms with Crippen molar-refractivity contribution in [2.24, 2.45) is 0 Å². The van der Waals surface area contributed by atoms with E-state index < -0.39 is 0 Å². The summed E-state index contributed by atoms with van der Waals surface area (Å²) in [7, 11) is 0. The minimum absolute atomic E-state index is 0.0557. The molecule has 0 bridgehead atoms. The molecule has 0 unspecified atom stereocenters. The summed E-state index contributed by atoms with van der Waals surface area (Å²) >= 11 is 4.97. The highest BCUT2D eigenvalue weighted by Gasteiger charge is 2.09. The molecular formula is C13H13BrN2OS. The second-order valence-corrected chi connectivity index (χ2v) is 6.22. The van der Waals surface area contributed by atoms with E-state index in [-0.39, 0.29) is 5.91 Å². The van der Waals surface area contributed by atoms with Gasteiger partial charge in [-0.1, -0.05) is 22.0 Å². The first kappa shape index (κ1) is 13.2. The molecule has 5 heteroatoms. The lowest BCUT2D eigenvalue weighted by molar-refractivity contribution is 0.0950. The molecule has 0 aliphatic rings. The summed E-state index contributed by atoms with van der Waals surface area (Å²) in [6, 6.07) is 5.69. The average molecular weight is 325 g/mol. The SMILES string of the molecule is Cc1ncc(CNC(=O)c2cc(Br)ccc2C)s1. The second-order valence-electron chi connectivity index (χ2n) is 3.99. The smallest absolute Gasteiger partial charge is 0.251 e. The van der Waals surface area contributed by atoms with Crippen LogP contribution in [0.25, 0.3) is 0 Å². The van der Waals surface area contributed by atoms with E-state index in [1.807, 2.05) is 32.0 Å². The third-order valence-electron chi connectivity index (χ3n) is 2.54. The minimum atomic E-state index is -0.0557. The Balaban J connectivity index is 2.05. The van der Waals surface area contributed by atoms with Gasteiger partial charge in [0.2, 0.25) is 0 Å².